The number of hydrogen-bond donors (Lipinski definition) is 0. The zero-order chi connectivity index (χ0) is 4.00. The van der Waals surface area contributed by atoms with Gasteiger partial charge in [0.15, 0.2) is 12.5 Å². The van der Waals surface area contributed by atoms with E-state index in [9.17, 15) is 0 Å². The highest BCUT2D eigenvalue weighted by molar-refractivity contribution is 7.44. The molecule has 0 rings (SSSR count). The first-order valence-electron chi connectivity index (χ1n) is 0.425. The zero-order valence-electron chi connectivity index (χ0n) is 1.84. The molecule has 0 unspecified atom stereocenters. The summed E-state index contributed by atoms with van der Waals surface area (Å²) >= 11 is 2.83. The van der Waals surface area contributed by atoms with Crippen molar-refractivity contribution >= 4 is 12.5 Å². The van der Waals surface area contributed by atoms with Crippen molar-refractivity contribution in [3.8, 4) is 6.57 Å². The molecule has 0 aliphatic carbocycles. The van der Waals surface area contributed by atoms with E-state index < -0.39 is 0 Å². The van der Waals surface area contributed by atoms with E-state index >= 15 is 0 Å². The van der Waals surface area contributed by atoms with Gasteiger partial charge in [-0.1, -0.05) is 0 Å². The third-order valence-corrected chi connectivity index (χ3v) is 0. The fourth-order valence-electron chi connectivity index (χ4n) is 0. The van der Waals surface area contributed by atoms with E-state index in [4.69, 9.17) is 9.47 Å². The minimum atomic E-state index is 2.83. The Balaban J connectivity index is 0. The van der Waals surface area contributed by atoms with Crippen LogP contribution in [-0.4, -0.2) is 4.21 Å². The van der Waals surface area contributed by atoms with Gasteiger partial charge in [-0.3, -0.25) is 0 Å². The van der Waals surface area contributed by atoms with Crippen LogP contribution in [0, 0.1) is 11.8 Å². The van der Waals surface area contributed by atoms with E-state index in [1.165, 1.54) is 0 Å². The molecule has 0 amide bonds. The molecule has 0 bridgehead atoms. The largest absolute Gasteiger partial charge is 0.202 e. The minimum Gasteiger partial charge on any atom is -0.202 e. The first-order chi connectivity index (χ1) is 2.00. The van der Waals surface area contributed by atoms with Crippen molar-refractivity contribution in [2.75, 3.05) is 0 Å². The molecule has 0 saturated carbocycles. The minimum absolute atomic E-state index is 2.83. The van der Waals surface area contributed by atoms with Crippen molar-refractivity contribution in [3.05, 3.63) is 0 Å². The predicted molar refractivity (Wildman–Crippen MR) is 14.8 cm³/mol. The molecule has 0 fully saturated rings. The Hall–Kier alpha value is -0.490. The Morgan fingerprint density at radius 3 is 1.50 bits per heavy atom. The summed E-state index contributed by atoms with van der Waals surface area (Å²) in [5, 5.41) is 6.50. The van der Waals surface area contributed by atoms with Gasteiger partial charge < -0.3 is 0 Å². The monoisotopic (exact) mass is 75.0 g/mol. The standard InChI is InChI=1S/CHN.OS/c2*1-2/h1H;. The van der Waals surface area contributed by atoms with Gasteiger partial charge in [0, 0.05) is 6.57 Å². The van der Waals surface area contributed by atoms with Crippen LogP contribution in [0.5, 0.6) is 0 Å². The highest BCUT2D eigenvalue weighted by Crippen LogP contribution is 0.586. The lowest BCUT2D eigenvalue weighted by Crippen LogP contribution is -0.894. The molecule has 3 heteroatoms. The lowest BCUT2D eigenvalue weighted by molar-refractivity contribution is 0.702. The number of hydrogen-bond acceptors (Lipinski definition) is 3. The molecule has 0 N–H and O–H groups in total. The maximum absolute atomic E-state index is 7.83. The van der Waals surface area contributed by atoms with Crippen molar-refractivity contribution in [2.45, 2.75) is 0 Å². The van der Waals surface area contributed by atoms with Crippen LogP contribution in [0.2, 0.25) is 0 Å². The van der Waals surface area contributed by atoms with Crippen LogP contribution in [0.25, 0.3) is 0 Å². The van der Waals surface area contributed by atoms with Gasteiger partial charge in [0.25, 0.3) is 0 Å². The molecule has 0 radical (unpaired) electrons. The van der Waals surface area contributed by atoms with Gasteiger partial charge in [0.2, 0.25) is 0 Å². The molecule has 0 spiro atoms. The molecule has 4 heavy (non-hydrogen) atoms. The van der Waals surface area contributed by atoms with Crippen LogP contribution in [0.15, 0.2) is 0 Å². The molecule has 0 aromatic carbocycles. The summed E-state index contributed by atoms with van der Waals surface area (Å²) in [6.45, 7) is 3.50. The van der Waals surface area contributed by atoms with Crippen LogP contribution in [0.4, 0.5) is 0 Å². The van der Waals surface area contributed by atoms with Crippen molar-refractivity contribution in [2.24, 2.45) is 0 Å². The van der Waals surface area contributed by atoms with Gasteiger partial charge in [-0.15, -0.1) is 0 Å². The maximum atomic E-state index is 7.83. The van der Waals surface area contributed by atoms with Gasteiger partial charge in [0.1, 0.15) is 0 Å². The molecule has 2 nitrogen and oxygen atoms in total. The second-order valence-corrected chi connectivity index (χ2v) is 0. The first-order valence-corrected chi connectivity index (χ1v) is 0.758. The van der Waals surface area contributed by atoms with Crippen LogP contribution in [-0.2, 0) is 12.5 Å². The molecule has 0 atom stereocenters. The highest BCUT2D eigenvalue weighted by Gasteiger charge is 0.734. The Morgan fingerprint density at radius 2 is 1.50 bits per heavy atom. The SMILES string of the molecule is C#N.O=S. The molecule has 0 saturated heterocycles. The van der Waals surface area contributed by atoms with Crippen molar-refractivity contribution < 1.29 is 4.21 Å². The van der Waals surface area contributed by atoms with Crippen molar-refractivity contribution in [1.29, 1.82) is 5.26 Å². The summed E-state index contributed by atoms with van der Waals surface area (Å²) in [6, 6.07) is 0. The lowest BCUT2D eigenvalue weighted by atomic mass is 11.9. The smallest absolute Gasteiger partial charge is 0.197 e. The molecule has 0 aromatic rings. The summed E-state index contributed by atoms with van der Waals surface area (Å²) < 4.78 is 7.83. The van der Waals surface area contributed by atoms with Gasteiger partial charge in [-0.2, -0.15) is 4.21 Å². The van der Waals surface area contributed by atoms with Crippen LogP contribution < -0.4 is 0 Å². The van der Waals surface area contributed by atoms with E-state index in [1.54, 1.807) is 0 Å². The Kier molecular flexibility index (Phi) is 57.8. The summed E-state index contributed by atoms with van der Waals surface area (Å²) in [5.41, 5.74) is 0. The number of rotatable bonds is 0. The fraction of sp³-hybridized carbons (Fsp3) is 0. The summed E-state index contributed by atoms with van der Waals surface area (Å²) in [6.07, 6.45) is 0. The van der Waals surface area contributed by atoms with Crippen LogP contribution >= 0.6 is 0 Å². The Labute approximate surface area is 29.6 Å². The van der Waals surface area contributed by atoms with E-state index in [1.807, 2.05) is 0 Å². The molecule has 22 valence electrons. The topological polar surface area (TPSA) is 40.9 Å². The maximum Gasteiger partial charge on any atom is 0.197 e. The normalized spacial score (nSPS) is 1.50. The van der Waals surface area contributed by atoms with Gasteiger partial charge in [0.05, 0.1) is 0 Å². The number of nitriles is 1. The molecule has 0 heterocycles. The first kappa shape index (κ1) is 9.70. The Bertz CT molecular complexity index is 19.2. The highest BCUT2D eigenvalue weighted by atomic mass is 32.1. The van der Waals surface area contributed by atoms with Gasteiger partial charge >= 0.3 is 0 Å². The van der Waals surface area contributed by atoms with E-state index in [-0.39, 0.29) is 0 Å². The van der Waals surface area contributed by atoms with Crippen molar-refractivity contribution in [3.63, 3.8) is 0 Å². The average Bonchev–Trinajstić information content (AvgIpc) is 1.50. The summed E-state index contributed by atoms with van der Waals surface area (Å²) in [4.78, 5) is 0. The van der Waals surface area contributed by atoms with Gasteiger partial charge in [-0.25, -0.2) is 5.26 Å². The average molecular weight is 75.1 g/mol. The lowest BCUT2D eigenvalue weighted by Gasteiger charge is -0.734. The summed E-state index contributed by atoms with van der Waals surface area (Å²) in [5.74, 6) is 0. The Morgan fingerprint density at radius 1 is 1.50 bits per heavy atom. The van der Waals surface area contributed by atoms with E-state index in [0.29, 0.717) is 0 Å². The van der Waals surface area contributed by atoms with Gasteiger partial charge in [-0.05, 0) is 0 Å². The predicted octanol–water partition coefficient (Wildman–Crippen LogP) is -0.197. The molecular formula is CHNOS. The second kappa shape index (κ2) is 23.8. The molecule has 0 aliphatic rings. The van der Waals surface area contributed by atoms with Crippen LogP contribution in [0.1, 0.15) is 0 Å². The quantitative estimate of drug-likeness (QED) is 0.400. The fourth-order valence-corrected chi connectivity index (χ4v) is 0. The van der Waals surface area contributed by atoms with E-state index in [0.717, 1.165) is 0 Å². The van der Waals surface area contributed by atoms with E-state index in [2.05, 4.69) is 19.1 Å². The third-order valence-electron chi connectivity index (χ3n) is 0. The molecule has 0 aromatic heterocycles. The zero-order valence-corrected chi connectivity index (χ0v) is 2.66. The van der Waals surface area contributed by atoms with Crippen molar-refractivity contribution in [1.82, 2.24) is 0 Å². The molecular weight excluding hydrogens is 74.1 g/mol. The number of nitrogens with zero attached hydrogens (tertiary/aromatic N) is 1. The second-order valence-electron chi connectivity index (χ2n) is 0. The van der Waals surface area contributed by atoms with Crippen LogP contribution in [0.3, 0.4) is 0 Å². The molecule has 0 aliphatic heterocycles. The third kappa shape index (κ3) is 1.64. The summed E-state index contributed by atoms with van der Waals surface area (Å²) in [7, 11) is 0.